The van der Waals surface area contributed by atoms with E-state index < -0.39 is 21.6 Å². The molecule has 1 aromatic heterocycles. The average Bonchev–Trinajstić information content (AvgIpc) is 3.18. The third kappa shape index (κ3) is 4.97. The Bertz CT molecular complexity index is 1490. The smallest absolute Gasteiger partial charge is 0.257 e. The van der Waals surface area contributed by atoms with Gasteiger partial charge in [-0.1, -0.05) is 58.0 Å². The molecule has 38 heavy (non-hydrogen) atoms. The highest BCUT2D eigenvalue weighted by Gasteiger charge is 2.76. The zero-order valence-electron chi connectivity index (χ0n) is 19.3. The maximum Gasteiger partial charge on any atom is 0.257 e. The fraction of sp³-hybridized carbons (Fsp3) is 0.154. The molecule has 194 valence electrons. The Morgan fingerprint density at radius 2 is 1.66 bits per heavy atom. The topological polar surface area (TPSA) is 88.9 Å². The number of rotatable bonds is 8. The van der Waals surface area contributed by atoms with Crippen LogP contribution in [0.1, 0.15) is 21.8 Å². The molecule has 1 saturated carbocycles. The highest BCUT2D eigenvalue weighted by Crippen LogP contribution is 2.73. The van der Waals surface area contributed by atoms with Crippen LogP contribution in [-0.4, -0.2) is 37.8 Å². The maximum absolute atomic E-state index is 13.0. The Labute approximate surface area is 243 Å². The first kappa shape index (κ1) is 26.8. The summed E-state index contributed by atoms with van der Waals surface area (Å²) in [5.74, 6) is -0.936. The number of benzene rings is 3. The molecule has 1 aliphatic carbocycles. The molecule has 0 radical (unpaired) electrons. The van der Waals surface area contributed by atoms with E-state index in [1.54, 1.807) is 71.7 Å². The molecule has 2 atom stereocenters. The van der Waals surface area contributed by atoms with Crippen molar-refractivity contribution in [1.82, 2.24) is 14.8 Å². The van der Waals surface area contributed by atoms with Gasteiger partial charge in [-0.05, 0) is 66.2 Å². The fourth-order valence-corrected chi connectivity index (χ4v) is 6.15. The lowest BCUT2D eigenvalue weighted by Crippen LogP contribution is -2.23. The van der Waals surface area contributed by atoms with Crippen LogP contribution in [0, 0.1) is 5.41 Å². The number of carbonyl (C=O) groups is 2. The minimum absolute atomic E-state index is 0.102. The molecule has 7 nitrogen and oxygen atoms in total. The van der Waals surface area contributed by atoms with Crippen LogP contribution in [0.2, 0.25) is 15.1 Å². The predicted molar refractivity (Wildman–Crippen MR) is 151 cm³/mol. The molecule has 1 fully saturated rings. The lowest BCUT2D eigenvalue weighted by molar-refractivity contribution is -0.112. The standard InChI is InChI=1S/C26H18Cl5N5O2/c27-16-7-15(8-17(28)9-16)23-25(12-37,26(23,30)31)11-33-19-3-6-22(29)21(10-19)24(38)35-18-1-4-20(5-2-18)36-14-32-13-34-36/h1-10,12-14,23,33H,11H2,(H,35,38). The highest BCUT2D eigenvalue weighted by molar-refractivity contribution is 6.54. The van der Waals surface area contributed by atoms with Crippen LogP contribution in [-0.2, 0) is 4.79 Å². The first-order valence-electron chi connectivity index (χ1n) is 11.2. The minimum atomic E-state index is -1.37. The predicted octanol–water partition coefficient (Wildman–Crippen LogP) is 7.05. The largest absolute Gasteiger partial charge is 0.384 e. The molecule has 5 rings (SSSR count). The first-order chi connectivity index (χ1) is 18.1. The summed E-state index contributed by atoms with van der Waals surface area (Å²) in [6.45, 7) is 0.102. The number of carbonyl (C=O) groups excluding carboxylic acids is 2. The van der Waals surface area contributed by atoms with Gasteiger partial charge in [-0.15, -0.1) is 0 Å². The van der Waals surface area contributed by atoms with Crippen LogP contribution in [0.15, 0.2) is 73.3 Å². The van der Waals surface area contributed by atoms with Crippen molar-refractivity contribution >= 4 is 81.6 Å². The van der Waals surface area contributed by atoms with Crippen molar-refractivity contribution in [3.8, 4) is 5.69 Å². The van der Waals surface area contributed by atoms with Gasteiger partial charge in [-0.2, -0.15) is 5.10 Å². The maximum atomic E-state index is 13.0. The van der Waals surface area contributed by atoms with Crippen molar-refractivity contribution in [3.05, 3.63) is 99.5 Å². The van der Waals surface area contributed by atoms with Crippen LogP contribution >= 0.6 is 58.0 Å². The number of nitrogens with one attached hydrogen (secondary N) is 2. The second-order valence-electron chi connectivity index (χ2n) is 8.81. The van der Waals surface area contributed by atoms with Gasteiger partial charge in [-0.3, -0.25) is 4.79 Å². The second kappa shape index (κ2) is 10.4. The van der Waals surface area contributed by atoms with E-state index in [1.807, 2.05) is 0 Å². The number of anilines is 2. The summed E-state index contributed by atoms with van der Waals surface area (Å²) in [7, 11) is 0. The van der Waals surface area contributed by atoms with Crippen molar-refractivity contribution in [2.45, 2.75) is 10.3 Å². The van der Waals surface area contributed by atoms with E-state index in [0.717, 1.165) is 12.0 Å². The molecule has 1 amide bonds. The van der Waals surface area contributed by atoms with Crippen molar-refractivity contribution in [1.29, 1.82) is 0 Å². The zero-order chi connectivity index (χ0) is 27.1. The Balaban J connectivity index is 1.31. The number of halogens is 5. The second-order valence-corrected chi connectivity index (χ2v) is 11.5. The van der Waals surface area contributed by atoms with Crippen molar-refractivity contribution in [2.24, 2.45) is 5.41 Å². The quantitative estimate of drug-likeness (QED) is 0.165. The molecule has 0 aliphatic heterocycles. The van der Waals surface area contributed by atoms with Gasteiger partial charge in [0.25, 0.3) is 5.91 Å². The summed E-state index contributed by atoms with van der Waals surface area (Å²) in [6.07, 6.45) is 3.76. The molecule has 4 aromatic rings. The molecule has 1 aliphatic rings. The SMILES string of the molecule is O=CC1(CNc2ccc(Cl)c(C(=O)Nc3ccc(-n4cncn4)cc3)c2)C(c2cc(Cl)cc(Cl)c2)C1(Cl)Cl. The van der Waals surface area contributed by atoms with Crippen LogP contribution in [0.4, 0.5) is 11.4 Å². The van der Waals surface area contributed by atoms with E-state index >= 15 is 0 Å². The van der Waals surface area contributed by atoms with Gasteiger partial charge in [0.05, 0.1) is 21.7 Å². The summed E-state index contributed by atoms with van der Waals surface area (Å²) < 4.78 is 0.228. The van der Waals surface area contributed by atoms with Crippen LogP contribution in [0.5, 0.6) is 0 Å². The molecule has 2 unspecified atom stereocenters. The van der Waals surface area contributed by atoms with E-state index in [4.69, 9.17) is 58.0 Å². The lowest BCUT2D eigenvalue weighted by Gasteiger charge is -2.15. The Morgan fingerprint density at radius 1 is 0.974 bits per heavy atom. The van der Waals surface area contributed by atoms with Crippen LogP contribution in [0.3, 0.4) is 0 Å². The van der Waals surface area contributed by atoms with Crippen molar-refractivity contribution in [2.75, 3.05) is 17.2 Å². The van der Waals surface area contributed by atoms with Gasteiger partial charge in [0.15, 0.2) is 0 Å². The summed E-state index contributed by atoms with van der Waals surface area (Å²) in [5.41, 5.74) is 1.69. The minimum Gasteiger partial charge on any atom is -0.384 e. The van der Waals surface area contributed by atoms with E-state index in [1.165, 1.54) is 6.33 Å². The molecule has 0 saturated heterocycles. The van der Waals surface area contributed by atoms with Crippen LogP contribution in [0.25, 0.3) is 5.69 Å². The fourth-order valence-electron chi connectivity index (χ4n) is 4.43. The molecule has 2 N–H and O–H groups in total. The van der Waals surface area contributed by atoms with E-state index in [0.29, 0.717) is 27.0 Å². The molecular weight excluding hydrogens is 592 g/mol. The summed E-state index contributed by atoms with van der Waals surface area (Å²) in [6, 6.07) is 16.9. The monoisotopic (exact) mass is 607 g/mol. The third-order valence-electron chi connectivity index (χ3n) is 6.45. The van der Waals surface area contributed by atoms with Gasteiger partial charge in [0, 0.05) is 33.9 Å². The summed E-state index contributed by atoms with van der Waals surface area (Å²) >= 11 is 31.8. The Morgan fingerprint density at radius 3 is 2.29 bits per heavy atom. The third-order valence-corrected chi connectivity index (χ3v) is 8.35. The molecule has 3 aromatic carbocycles. The van der Waals surface area contributed by atoms with Gasteiger partial charge >= 0.3 is 0 Å². The summed E-state index contributed by atoms with van der Waals surface area (Å²) in [5, 5.41) is 11.2. The normalized spacial score (nSPS) is 19.6. The first-order valence-corrected chi connectivity index (χ1v) is 13.1. The van der Waals surface area contributed by atoms with Gasteiger partial charge in [-0.25, -0.2) is 9.67 Å². The summed E-state index contributed by atoms with van der Waals surface area (Å²) in [4.78, 5) is 29.2. The average molecular weight is 610 g/mol. The Kier molecular flexibility index (Phi) is 7.33. The van der Waals surface area contributed by atoms with E-state index in [-0.39, 0.29) is 17.1 Å². The number of nitrogens with zero attached hydrogens (tertiary/aromatic N) is 3. The number of aldehydes is 1. The van der Waals surface area contributed by atoms with Gasteiger partial charge < -0.3 is 15.4 Å². The van der Waals surface area contributed by atoms with Crippen molar-refractivity contribution < 1.29 is 9.59 Å². The number of hydrogen-bond acceptors (Lipinski definition) is 5. The van der Waals surface area contributed by atoms with Crippen LogP contribution < -0.4 is 10.6 Å². The molecular formula is C26H18Cl5N5O2. The number of amides is 1. The zero-order valence-corrected chi connectivity index (χ0v) is 23.1. The van der Waals surface area contributed by atoms with Crippen molar-refractivity contribution in [3.63, 3.8) is 0 Å². The van der Waals surface area contributed by atoms with E-state index in [2.05, 4.69) is 20.7 Å². The van der Waals surface area contributed by atoms with Gasteiger partial charge in [0.1, 0.15) is 23.3 Å². The Hall–Kier alpha value is -2.81. The molecule has 0 bridgehead atoms. The lowest BCUT2D eigenvalue weighted by atomic mass is 10.00. The van der Waals surface area contributed by atoms with Gasteiger partial charge in [0.2, 0.25) is 0 Å². The number of aromatic nitrogens is 3. The van der Waals surface area contributed by atoms with E-state index in [9.17, 15) is 9.59 Å². The molecule has 1 heterocycles. The molecule has 0 spiro atoms. The molecule has 12 heteroatoms. The number of alkyl halides is 2. The number of hydrogen-bond donors (Lipinski definition) is 2. The highest BCUT2D eigenvalue weighted by atomic mass is 35.5.